The number of hydrogen-bond donors (Lipinski definition) is 0. The van der Waals surface area contributed by atoms with Gasteiger partial charge in [0.15, 0.2) is 0 Å². The van der Waals surface area contributed by atoms with Gasteiger partial charge in [-0.2, -0.15) is 0 Å². The van der Waals surface area contributed by atoms with Crippen LogP contribution in [0.15, 0.2) is 72.8 Å². The topological polar surface area (TPSA) is 26.3 Å². The molecule has 1 atom stereocenters. The van der Waals surface area contributed by atoms with E-state index in [2.05, 4.69) is 67.6 Å². The fourth-order valence-corrected chi connectivity index (χ4v) is 4.73. The fourth-order valence-electron chi connectivity index (χ4n) is 4.73. The van der Waals surface area contributed by atoms with E-state index in [0.717, 1.165) is 11.1 Å². The standard InChI is InChI=1S/C33H42O2/c1-4-5-6-7-8-9-10-11-12-15-28-18-20-30(21-19-28)32-16-13-14-17-33(32)31-24-22-29(23-25-31)26(2)35-27(3)34/h13-14,16-26H,4-12,15H2,1-3H3. The van der Waals surface area contributed by atoms with Crippen LogP contribution >= 0.6 is 0 Å². The molecular weight excluding hydrogens is 428 g/mol. The van der Waals surface area contributed by atoms with Gasteiger partial charge in [-0.3, -0.25) is 4.79 Å². The minimum Gasteiger partial charge on any atom is -0.458 e. The van der Waals surface area contributed by atoms with Crippen molar-refractivity contribution in [3.05, 3.63) is 83.9 Å². The van der Waals surface area contributed by atoms with Crippen LogP contribution in [0.5, 0.6) is 0 Å². The van der Waals surface area contributed by atoms with Gasteiger partial charge in [-0.1, -0.05) is 131 Å². The smallest absolute Gasteiger partial charge is 0.303 e. The number of unbranched alkanes of at least 4 members (excludes halogenated alkanes) is 8. The van der Waals surface area contributed by atoms with E-state index in [1.165, 1.54) is 93.4 Å². The first-order chi connectivity index (χ1) is 17.1. The predicted molar refractivity (Wildman–Crippen MR) is 148 cm³/mol. The second-order valence-corrected chi connectivity index (χ2v) is 9.69. The summed E-state index contributed by atoms with van der Waals surface area (Å²) >= 11 is 0. The van der Waals surface area contributed by atoms with Crippen molar-refractivity contribution >= 4 is 5.97 Å². The normalized spacial score (nSPS) is 11.9. The van der Waals surface area contributed by atoms with E-state index in [4.69, 9.17) is 4.74 Å². The van der Waals surface area contributed by atoms with Crippen LogP contribution in [-0.2, 0) is 16.0 Å². The van der Waals surface area contributed by atoms with Crippen molar-refractivity contribution in [3.8, 4) is 22.3 Å². The third-order valence-corrected chi connectivity index (χ3v) is 6.79. The second-order valence-electron chi connectivity index (χ2n) is 9.69. The molecule has 0 heterocycles. The molecule has 0 amide bonds. The van der Waals surface area contributed by atoms with E-state index in [-0.39, 0.29) is 12.1 Å². The number of benzene rings is 3. The molecular formula is C33H42O2. The first-order valence-corrected chi connectivity index (χ1v) is 13.5. The Kier molecular flexibility index (Phi) is 11.1. The summed E-state index contributed by atoms with van der Waals surface area (Å²) in [6, 6.07) is 26.0. The molecule has 0 fully saturated rings. The van der Waals surface area contributed by atoms with Gasteiger partial charge in [-0.25, -0.2) is 0 Å². The van der Waals surface area contributed by atoms with Crippen molar-refractivity contribution in [2.45, 2.75) is 91.1 Å². The van der Waals surface area contributed by atoms with Gasteiger partial charge in [0.25, 0.3) is 0 Å². The van der Waals surface area contributed by atoms with Crippen LogP contribution in [0.3, 0.4) is 0 Å². The van der Waals surface area contributed by atoms with Gasteiger partial charge in [-0.15, -0.1) is 0 Å². The van der Waals surface area contributed by atoms with Crippen LogP contribution in [0, 0.1) is 0 Å². The first-order valence-electron chi connectivity index (χ1n) is 13.5. The highest BCUT2D eigenvalue weighted by atomic mass is 16.5. The quantitative estimate of drug-likeness (QED) is 0.173. The van der Waals surface area contributed by atoms with E-state index in [1.807, 2.05) is 19.1 Å². The molecule has 0 aliphatic carbocycles. The number of rotatable bonds is 14. The van der Waals surface area contributed by atoms with Gasteiger partial charge >= 0.3 is 5.97 Å². The van der Waals surface area contributed by atoms with Crippen molar-refractivity contribution in [2.24, 2.45) is 0 Å². The highest BCUT2D eigenvalue weighted by Crippen LogP contribution is 2.33. The summed E-state index contributed by atoms with van der Waals surface area (Å²) in [5.74, 6) is -0.256. The molecule has 0 saturated heterocycles. The molecule has 2 nitrogen and oxygen atoms in total. The van der Waals surface area contributed by atoms with E-state index < -0.39 is 0 Å². The summed E-state index contributed by atoms with van der Waals surface area (Å²) in [7, 11) is 0. The molecule has 1 unspecified atom stereocenters. The van der Waals surface area contributed by atoms with E-state index in [1.54, 1.807) is 0 Å². The fraction of sp³-hybridized carbons (Fsp3) is 0.424. The Bertz CT molecular complexity index is 1020. The van der Waals surface area contributed by atoms with Gasteiger partial charge < -0.3 is 4.74 Å². The second kappa shape index (κ2) is 14.5. The van der Waals surface area contributed by atoms with E-state index >= 15 is 0 Å². The third-order valence-electron chi connectivity index (χ3n) is 6.79. The Morgan fingerprint density at radius 2 is 1.17 bits per heavy atom. The lowest BCUT2D eigenvalue weighted by Gasteiger charge is -2.14. The van der Waals surface area contributed by atoms with Gasteiger partial charge in [0.2, 0.25) is 0 Å². The third kappa shape index (κ3) is 8.69. The summed E-state index contributed by atoms with van der Waals surface area (Å²) in [6.07, 6.45) is 13.3. The Morgan fingerprint density at radius 3 is 1.69 bits per heavy atom. The summed E-state index contributed by atoms with van der Waals surface area (Å²) in [5, 5.41) is 0. The molecule has 186 valence electrons. The highest BCUT2D eigenvalue weighted by Gasteiger charge is 2.11. The number of carbonyl (C=O) groups excluding carboxylic acids is 1. The number of carbonyl (C=O) groups is 1. The summed E-state index contributed by atoms with van der Waals surface area (Å²) < 4.78 is 5.31. The molecule has 3 aromatic carbocycles. The van der Waals surface area contributed by atoms with Crippen LogP contribution in [0.25, 0.3) is 22.3 Å². The minimum absolute atomic E-state index is 0.241. The highest BCUT2D eigenvalue weighted by molar-refractivity contribution is 5.83. The Hall–Kier alpha value is -2.87. The first kappa shape index (κ1) is 26.7. The van der Waals surface area contributed by atoms with Crippen LogP contribution in [0.2, 0.25) is 0 Å². The van der Waals surface area contributed by atoms with Crippen LogP contribution in [0.4, 0.5) is 0 Å². The minimum atomic E-state index is -0.256. The number of esters is 1. The molecule has 0 aromatic heterocycles. The van der Waals surface area contributed by atoms with Crippen molar-refractivity contribution < 1.29 is 9.53 Å². The lowest BCUT2D eigenvalue weighted by molar-refractivity contribution is -0.145. The Morgan fingerprint density at radius 1 is 0.686 bits per heavy atom. The molecule has 0 aliphatic rings. The zero-order valence-electron chi connectivity index (χ0n) is 21.9. The zero-order chi connectivity index (χ0) is 24.9. The monoisotopic (exact) mass is 470 g/mol. The van der Waals surface area contributed by atoms with Crippen LogP contribution < -0.4 is 0 Å². The largest absolute Gasteiger partial charge is 0.458 e. The Labute approximate surface area is 212 Å². The maximum absolute atomic E-state index is 11.3. The molecule has 0 aliphatic heterocycles. The van der Waals surface area contributed by atoms with E-state index in [0.29, 0.717) is 0 Å². The SMILES string of the molecule is CCCCCCCCCCCc1ccc(-c2ccccc2-c2ccc(C(C)OC(C)=O)cc2)cc1. The van der Waals surface area contributed by atoms with Gasteiger partial charge in [-0.05, 0) is 53.1 Å². The average molecular weight is 471 g/mol. The van der Waals surface area contributed by atoms with Gasteiger partial charge in [0.05, 0.1) is 0 Å². The average Bonchev–Trinajstić information content (AvgIpc) is 2.88. The summed E-state index contributed by atoms with van der Waals surface area (Å²) in [5.41, 5.74) is 7.29. The lowest BCUT2D eigenvalue weighted by Crippen LogP contribution is -2.04. The predicted octanol–water partition coefficient (Wildman–Crippen LogP) is 9.72. The van der Waals surface area contributed by atoms with Crippen molar-refractivity contribution in [3.63, 3.8) is 0 Å². The maximum atomic E-state index is 11.3. The van der Waals surface area contributed by atoms with Crippen molar-refractivity contribution in [1.29, 1.82) is 0 Å². The summed E-state index contributed by atoms with van der Waals surface area (Å²) in [6.45, 7) is 5.63. The number of hydrogen-bond acceptors (Lipinski definition) is 2. The molecule has 35 heavy (non-hydrogen) atoms. The lowest BCUT2D eigenvalue weighted by atomic mass is 9.93. The van der Waals surface area contributed by atoms with Crippen molar-refractivity contribution in [1.82, 2.24) is 0 Å². The number of ether oxygens (including phenoxy) is 1. The van der Waals surface area contributed by atoms with E-state index in [9.17, 15) is 4.79 Å². The van der Waals surface area contributed by atoms with Gasteiger partial charge in [0, 0.05) is 6.92 Å². The molecule has 0 N–H and O–H groups in total. The van der Waals surface area contributed by atoms with Gasteiger partial charge in [0.1, 0.15) is 6.10 Å². The zero-order valence-corrected chi connectivity index (χ0v) is 21.9. The molecule has 2 heteroatoms. The molecule has 0 saturated carbocycles. The molecule has 3 rings (SSSR count). The van der Waals surface area contributed by atoms with Crippen LogP contribution in [0.1, 0.15) is 95.8 Å². The van der Waals surface area contributed by atoms with Crippen LogP contribution in [-0.4, -0.2) is 5.97 Å². The molecule has 0 radical (unpaired) electrons. The molecule has 3 aromatic rings. The molecule has 0 spiro atoms. The number of aryl methyl sites for hydroxylation is 1. The molecule has 0 bridgehead atoms. The maximum Gasteiger partial charge on any atom is 0.303 e. The summed E-state index contributed by atoms with van der Waals surface area (Å²) in [4.78, 5) is 11.3. The Balaban J connectivity index is 1.56. The van der Waals surface area contributed by atoms with Crippen molar-refractivity contribution in [2.75, 3.05) is 0 Å².